The van der Waals surface area contributed by atoms with Crippen LogP contribution in [0.2, 0.25) is 0 Å². The van der Waals surface area contributed by atoms with E-state index in [4.69, 9.17) is 5.11 Å². The Kier molecular flexibility index (Phi) is 5.05. The standard InChI is InChI=1S/C13H19N3O3S/c1-2-3-10-11(20-16-15-10)12(17)14-9-6-4-8(5-7-9)13(18)19/h8-9H,2-7H2,1H3,(H,14,17)(H,18,19). The molecule has 2 rings (SSSR count). The molecule has 0 aliphatic heterocycles. The van der Waals surface area contributed by atoms with E-state index in [2.05, 4.69) is 14.9 Å². The van der Waals surface area contributed by atoms with E-state index in [1.165, 1.54) is 0 Å². The van der Waals surface area contributed by atoms with Crippen LogP contribution in [0.5, 0.6) is 0 Å². The quantitative estimate of drug-likeness (QED) is 0.865. The number of carboxylic acid groups (broad SMARTS) is 1. The van der Waals surface area contributed by atoms with Gasteiger partial charge in [-0.1, -0.05) is 17.8 Å². The van der Waals surface area contributed by atoms with Gasteiger partial charge in [0, 0.05) is 6.04 Å². The van der Waals surface area contributed by atoms with Gasteiger partial charge in [0.2, 0.25) is 0 Å². The number of aliphatic carboxylic acids is 1. The Labute approximate surface area is 121 Å². The van der Waals surface area contributed by atoms with Gasteiger partial charge in [0.05, 0.1) is 11.6 Å². The molecule has 1 amide bonds. The van der Waals surface area contributed by atoms with Crippen molar-refractivity contribution in [3.63, 3.8) is 0 Å². The maximum absolute atomic E-state index is 12.2. The molecule has 1 heterocycles. The Bertz CT molecular complexity index is 481. The monoisotopic (exact) mass is 297 g/mol. The van der Waals surface area contributed by atoms with Crippen LogP contribution in [0.15, 0.2) is 0 Å². The van der Waals surface area contributed by atoms with E-state index in [9.17, 15) is 9.59 Å². The third-order valence-electron chi connectivity index (χ3n) is 3.66. The predicted octanol–water partition coefficient (Wildman–Crippen LogP) is 1.86. The van der Waals surface area contributed by atoms with Crippen molar-refractivity contribution >= 4 is 23.4 Å². The molecule has 0 spiro atoms. The van der Waals surface area contributed by atoms with Crippen molar-refractivity contribution in [1.29, 1.82) is 0 Å². The second kappa shape index (κ2) is 6.78. The van der Waals surface area contributed by atoms with Gasteiger partial charge < -0.3 is 10.4 Å². The molecule has 1 aromatic rings. The van der Waals surface area contributed by atoms with E-state index in [0.717, 1.165) is 42.9 Å². The average Bonchev–Trinajstić information content (AvgIpc) is 2.88. The number of nitrogens with one attached hydrogen (secondary N) is 1. The summed E-state index contributed by atoms with van der Waals surface area (Å²) in [6.45, 7) is 2.04. The van der Waals surface area contributed by atoms with E-state index in [-0.39, 0.29) is 17.9 Å². The van der Waals surface area contributed by atoms with E-state index in [0.29, 0.717) is 17.7 Å². The Morgan fingerprint density at radius 2 is 2.05 bits per heavy atom. The van der Waals surface area contributed by atoms with Gasteiger partial charge in [-0.15, -0.1) is 5.10 Å². The molecule has 1 aromatic heterocycles. The molecule has 1 saturated carbocycles. The van der Waals surface area contributed by atoms with Crippen molar-refractivity contribution in [2.24, 2.45) is 5.92 Å². The van der Waals surface area contributed by atoms with Gasteiger partial charge >= 0.3 is 5.97 Å². The van der Waals surface area contributed by atoms with Crippen LogP contribution in [0, 0.1) is 5.92 Å². The van der Waals surface area contributed by atoms with Crippen molar-refractivity contribution in [3.8, 4) is 0 Å². The molecule has 2 N–H and O–H groups in total. The minimum Gasteiger partial charge on any atom is -0.481 e. The molecule has 0 bridgehead atoms. The molecule has 110 valence electrons. The summed E-state index contributed by atoms with van der Waals surface area (Å²) in [5.74, 6) is -1.11. The van der Waals surface area contributed by atoms with Gasteiger partial charge in [-0.05, 0) is 43.6 Å². The van der Waals surface area contributed by atoms with Crippen LogP contribution in [0.4, 0.5) is 0 Å². The second-order valence-electron chi connectivity index (χ2n) is 5.16. The van der Waals surface area contributed by atoms with Crippen LogP contribution in [0.1, 0.15) is 54.4 Å². The minimum atomic E-state index is -0.730. The fourth-order valence-electron chi connectivity index (χ4n) is 2.52. The van der Waals surface area contributed by atoms with Crippen LogP contribution in [0.3, 0.4) is 0 Å². The third-order valence-corrected chi connectivity index (χ3v) is 4.43. The summed E-state index contributed by atoms with van der Waals surface area (Å²) < 4.78 is 3.84. The topological polar surface area (TPSA) is 92.2 Å². The van der Waals surface area contributed by atoms with Crippen LogP contribution in [-0.2, 0) is 11.2 Å². The Balaban J connectivity index is 1.89. The number of hydrogen-bond acceptors (Lipinski definition) is 5. The maximum atomic E-state index is 12.2. The fourth-order valence-corrected chi connectivity index (χ4v) is 3.13. The molecule has 1 aliphatic carbocycles. The maximum Gasteiger partial charge on any atom is 0.306 e. The molecular weight excluding hydrogens is 278 g/mol. The molecule has 0 saturated heterocycles. The summed E-state index contributed by atoms with van der Waals surface area (Å²) in [5.41, 5.74) is 0.759. The first-order chi connectivity index (χ1) is 9.61. The summed E-state index contributed by atoms with van der Waals surface area (Å²) in [6.07, 6.45) is 4.38. The molecule has 0 unspecified atom stereocenters. The number of aryl methyl sites for hydroxylation is 1. The first-order valence-electron chi connectivity index (χ1n) is 6.96. The largest absolute Gasteiger partial charge is 0.481 e. The highest BCUT2D eigenvalue weighted by molar-refractivity contribution is 7.08. The van der Waals surface area contributed by atoms with Gasteiger partial charge in [0.15, 0.2) is 0 Å². The Hall–Kier alpha value is -1.50. The molecule has 1 fully saturated rings. The van der Waals surface area contributed by atoms with Crippen molar-refractivity contribution < 1.29 is 14.7 Å². The fraction of sp³-hybridized carbons (Fsp3) is 0.692. The van der Waals surface area contributed by atoms with Crippen molar-refractivity contribution in [2.45, 2.75) is 51.5 Å². The summed E-state index contributed by atoms with van der Waals surface area (Å²) in [4.78, 5) is 23.7. The molecule has 20 heavy (non-hydrogen) atoms. The lowest BCUT2D eigenvalue weighted by Crippen LogP contribution is -2.38. The first-order valence-corrected chi connectivity index (χ1v) is 7.74. The number of carbonyl (C=O) groups excluding carboxylic acids is 1. The minimum absolute atomic E-state index is 0.0645. The number of carboxylic acids is 1. The van der Waals surface area contributed by atoms with Gasteiger partial charge in [-0.25, -0.2) is 0 Å². The average molecular weight is 297 g/mol. The number of carbonyl (C=O) groups is 2. The van der Waals surface area contributed by atoms with Crippen LogP contribution < -0.4 is 5.32 Å². The van der Waals surface area contributed by atoms with Crippen molar-refractivity contribution in [2.75, 3.05) is 0 Å². The first kappa shape index (κ1) is 14.9. The van der Waals surface area contributed by atoms with Gasteiger partial charge in [0.1, 0.15) is 4.88 Å². The lowest BCUT2D eigenvalue weighted by Gasteiger charge is -2.26. The Morgan fingerprint density at radius 1 is 1.35 bits per heavy atom. The van der Waals surface area contributed by atoms with Gasteiger partial charge in [-0.2, -0.15) is 0 Å². The van der Waals surface area contributed by atoms with Crippen LogP contribution in [-0.4, -0.2) is 32.6 Å². The molecule has 1 aliphatic rings. The smallest absolute Gasteiger partial charge is 0.306 e. The number of hydrogen-bond donors (Lipinski definition) is 2. The van der Waals surface area contributed by atoms with E-state index in [1.807, 2.05) is 6.92 Å². The van der Waals surface area contributed by atoms with Crippen LogP contribution in [0.25, 0.3) is 0 Å². The summed E-state index contributed by atoms with van der Waals surface area (Å²) >= 11 is 1.12. The number of aromatic nitrogens is 2. The zero-order chi connectivity index (χ0) is 14.5. The zero-order valence-electron chi connectivity index (χ0n) is 11.5. The van der Waals surface area contributed by atoms with Gasteiger partial charge in [0.25, 0.3) is 5.91 Å². The molecule has 7 heteroatoms. The molecule has 0 atom stereocenters. The van der Waals surface area contributed by atoms with Crippen molar-refractivity contribution in [1.82, 2.24) is 14.9 Å². The normalized spacial score (nSPS) is 22.4. The summed E-state index contributed by atoms with van der Waals surface area (Å²) in [7, 11) is 0. The Morgan fingerprint density at radius 3 is 2.65 bits per heavy atom. The molecule has 0 radical (unpaired) electrons. The number of amides is 1. The third kappa shape index (κ3) is 3.53. The molecular formula is C13H19N3O3S. The number of nitrogens with zero attached hydrogens (tertiary/aromatic N) is 2. The van der Waals surface area contributed by atoms with E-state index >= 15 is 0 Å². The van der Waals surface area contributed by atoms with Crippen molar-refractivity contribution in [3.05, 3.63) is 10.6 Å². The van der Waals surface area contributed by atoms with E-state index < -0.39 is 5.97 Å². The summed E-state index contributed by atoms with van der Waals surface area (Å²) in [6, 6.07) is 0.0645. The number of rotatable bonds is 5. The van der Waals surface area contributed by atoms with Gasteiger partial charge in [-0.3, -0.25) is 9.59 Å². The molecule has 6 nitrogen and oxygen atoms in total. The highest BCUT2D eigenvalue weighted by Gasteiger charge is 2.27. The SMILES string of the molecule is CCCc1nnsc1C(=O)NC1CCC(C(=O)O)CC1. The lowest BCUT2D eigenvalue weighted by atomic mass is 9.86. The highest BCUT2D eigenvalue weighted by atomic mass is 32.1. The highest BCUT2D eigenvalue weighted by Crippen LogP contribution is 2.25. The zero-order valence-corrected chi connectivity index (χ0v) is 12.3. The summed E-state index contributed by atoms with van der Waals surface area (Å²) in [5, 5.41) is 15.9. The molecule has 0 aromatic carbocycles. The van der Waals surface area contributed by atoms with E-state index in [1.54, 1.807) is 0 Å². The van der Waals surface area contributed by atoms with Crippen LogP contribution >= 0.6 is 11.5 Å². The lowest BCUT2D eigenvalue weighted by molar-refractivity contribution is -0.142. The predicted molar refractivity (Wildman–Crippen MR) is 74.8 cm³/mol. The second-order valence-corrected chi connectivity index (χ2v) is 5.91.